The highest BCUT2D eigenvalue weighted by molar-refractivity contribution is 5.81. The fourth-order valence-electron chi connectivity index (χ4n) is 2.46. The normalized spacial score (nSPS) is 10.8. The molecule has 0 amide bonds. The summed E-state index contributed by atoms with van der Waals surface area (Å²) in [6.45, 7) is 4.08. The SMILES string of the molecule is CCOc1ccc2c(ccn2CCOc2ccc(N)cc2)c1. The molecule has 1 aromatic heterocycles. The quantitative estimate of drug-likeness (QED) is 0.706. The van der Waals surface area contributed by atoms with Crippen molar-refractivity contribution in [1.29, 1.82) is 0 Å². The van der Waals surface area contributed by atoms with Gasteiger partial charge in [0.2, 0.25) is 0 Å². The summed E-state index contributed by atoms with van der Waals surface area (Å²) >= 11 is 0. The summed E-state index contributed by atoms with van der Waals surface area (Å²) in [5.41, 5.74) is 7.59. The number of ether oxygens (including phenoxy) is 2. The summed E-state index contributed by atoms with van der Waals surface area (Å²) in [7, 11) is 0. The smallest absolute Gasteiger partial charge is 0.120 e. The highest BCUT2D eigenvalue weighted by Gasteiger charge is 2.03. The van der Waals surface area contributed by atoms with Crippen LogP contribution >= 0.6 is 0 Å². The molecule has 0 saturated carbocycles. The molecule has 0 radical (unpaired) electrons. The average molecular weight is 296 g/mol. The zero-order chi connectivity index (χ0) is 15.4. The summed E-state index contributed by atoms with van der Waals surface area (Å²) in [5, 5.41) is 1.18. The number of nitrogens with zero attached hydrogens (tertiary/aromatic N) is 1. The lowest BCUT2D eigenvalue weighted by atomic mass is 10.2. The van der Waals surface area contributed by atoms with Gasteiger partial charge in [0, 0.05) is 22.8 Å². The zero-order valence-corrected chi connectivity index (χ0v) is 12.7. The lowest BCUT2D eigenvalue weighted by Crippen LogP contribution is -2.07. The Hall–Kier alpha value is -2.62. The molecular formula is C18H20N2O2. The Balaban J connectivity index is 1.65. The Labute approximate surface area is 130 Å². The van der Waals surface area contributed by atoms with E-state index in [1.807, 2.05) is 37.3 Å². The fraction of sp³-hybridized carbons (Fsp3) is 0.222. The van der Waals surface area contributed by atoms with Gasteiger partial charge in [-0.1, -0.05) is 0 Å². The number of benzene rings is 2. The third kappa shape index (κ3) is 3.17. The molecule has 3 rings (SSSR count). The molecule has 1 heterocycles. The van der Waals surface area contributed by atoms with E-state index in [-0.39, 0.29) is 0 Å². The molecule has 2 aromatic carbocycles. The molecule has 22 heavy (non-hydrogen) atoms. The number of nitrogen functional groups attached to an aromatic ring is 1. The van der Waals surface area contributed by atoms with Gasteiger partial charge >= 0.3 is 0 Å². The number of fused-ring (bicyclic) bond motifs is 1. The van der Waals surface area contributed by atoms with Crippen molar-refractivity contribution in [3.63, 3.8) is 0 Å². The van der Waals surface area contributed by atoms with Crippen LogP contribution in [0, 0.1) is 0 Å². The van der Waals surface area contributed by atoms with Crippen LogP contribution < -0.4 is 15.2 Å². The molecule has 114 valence electrons. The Morgan fingerprint density at radius 1 is 0.955 bits per heavy atom. The van der Waals surface area contributed by atoms with Crippen LogP contribution in [0.4, 0.5) is 5.69 Å². The van der Waals surface area contributed by atoms with Gasteiger partial charge in [-0.25, -0.2) is 0 Å². The predicted octanol–water partition coefficient (Wildman–Crippen LogP) is 3.70. The van der Waals surface area contributed by atoms with Gasteiger partial charge in [-0.05, 0) is 55.5 Å². The molecule has 0 fully saturated rings. The molecular weight excluding hydrogens is 276 g/mol. The van der Waals surface area contributed by atoms with Crippen LogP contribution in [0.25, 0.3) is 10.9 Å². The summed E-state index contributed by atoms with van der Waals surface area (Å²) in [6, 6.07) is 15.7. The number of anilines is 1. The second-order valence-electron chi connectivity index (χ2n) is 5.08. The van der Waals surface area contributed by atoms with Crippen molar-refractivity contribution in [2.24, 2.45) is 0 Å². The molecule has 0 atom stereocenters. The van der Waals surface area contributed by atoms with Crippen LogP contribution in [0.2, 0.25) is 0 Å². The molecule has 0 saturated heterocycles. The van der Waals surface area contributed by atoms with E-state index in [4.69, 9.17) is 15.2 Å². The monoisotopic (exact) mass is 296 g/mol. The van der Waals surface area contributed by atoms with E-state index in [2.05, 4.69) is 29.0 Å². The average Bonchev–Trinajstić information content (AvgIpc) is 2.92. The van der Waals surface area contributed by atoms with Gasteiger partial charge in [-0.2, -0.15) is 0 Å². The molecule has 0 spiro atoms. The van der Waals surface area contributed by atoms with E-state index in [0.717, 1.165) is 23.7 Å². The van der Waals surface area contributed by atoms with Crippen LogP contribution in [0.15, 0.2) is 54.7 Å². The minimum Gasteiger partial charge on any atom is -0.494 e. The van der Waals surface area contributed by atoms with Crippen LogP contribution in [0.5, 0.6) is 11.5 Å². The maximum Gasteiger partial charge on any atom is 0.120 e. The van der Waals surface area contributed by atoms with Gasteiger partial charge in [0.05, 0.1) is 13.2 Å². The van der Waals surface area contributed by atoms with Crippen molar-refractivity contribution >= 4 is 16.6 Å². The lowest BCUT2D eigenvalue weighted by molar-refractivity contribution is 0.300. The molecule has 0 aliphatic heterocycles. The van der Waals surface area contributed by atoms with Gasteiger partial charge in [-0.3, -0.25) is 0 Å². The summed E-state index contributed by atoms with van der Waals surface area (Å²) < 4.78 is 13.5. The van der Waals surface area contributed by atoms with E-state index in [9.17, 15) is 0 Å². The summed E-state index contributed by atoms with van der Waals surface area (Å²) in [6.07, 6.45) is 2.08. The number of hydrogen-bond acceptors (Lipinski definition) is 3. The summed E-state index contributed by atoms with van der Waals surface area (Å²) in [5.74, 6) is 1.75. The van der Waals surface area contributed by atoms with E-state index in [1.54, 1.807) is 0 Å². The molecule has 3 aromatic rings. The Kier molecular flexibility index (Phi) is 4.19. The molecule has 4 nitrogen and oxygen atoms in total. The second-order valence-corrected chi connectivity index (χ2v) is 5.08. The largest absolute Gasteiger partial charge is 0.494 e. The highest BCUT2D eigenvalue weighted by Crippen LogP contribution is 2.22. The molecule has 0 unspecified atom stereocenters. The molecule has 0 aliphatic rings. The fourth-order valence-corrected chi connectivity index (χ4v) is 2.46. The van der Waals surface area contributed by atoms with E-state index >= 15 is 0 Å². The van der Waals surface area contributed by atoms with Crippen LogP contribution in [-0.4, -0.2) is 17.8 Å². The number of aromatic nitrogens is 1. The van der Waals surface area contributed by atoms with Crippen molar-refractivity contribution in [1.82, 2.24) is 4.57 Å². The number of hydrogen-bond donors (Lipinski definition) is 1. The lowest BCUT2D eigenvalue weighted by Gasteiger charge is -2.09. The molecule has 2 N–H and O–H groups in total. The van der Waals surface area contributed by atoms with E-state index in [1.165, 1.54) is 10.9 Å². The van der Waals surface area contributed by atoms with E-state index < -0.39 is 0 Å². The van der Waals surface area contributed by atoms with Crippen LogP contribution in [0.3, 0.4) is 0 Å². The maximum atomic E-state index is 5.74. The first-order valence-corrected chi connectivity index (χ1v) is 7.46. The highest BCUT2D eigenvalue weighted by atomic mass is 16.5. The third-order valence-electron chi connectivity index (χ3n) is 3.53. The van der Waals surface area contributed by atoms with Crippen LogP contribution in [0.1, 0.15) is 6.92 Å². The predicted molar refractivity (Wildman–Crippen MR) is 89.5 cm³/mol. The van der Waals surface area contributed by atoms with Gasteiger partial charge in [0.15, 0.2) is 0 Å². The van der Waals surface area contributed by atoms with Crippen molar-refractivity contribution in [3.8, 4) is 11.5 Å². The first-order valence-electron chi connectivity index (χ1n) is 7.46. The van der Waals surface area contributed by atoms with E-state index in [0.29, 0.717) is 13.2 Å². The van der Waals surface area contributed by atoms with Gasteiger partial charge in [0.25, 0.3) is 0 Å². The second kappa shape index (κ2) is 6.43. The minimum atomic E-state index is 0.612. The third-order valence-corrected chi connectivity index (χ3v) is 3.53. The first kappa shape index (κ1) is 14.3. The molecule has 4 heteroatoms. The van der Waals surface area contributed by atoms with Crippen molar-refractivity contribution in [2.45, 2.75) is 13.5 Å². The Morgan fingerprint density at radius 2 is 1.73 bits per heavy atom. The van der Waals surface area contributed by atoms with Gasteiger partial charge in [0.1, 0.15) is 18.1 Å². The minimum absolute atomic E-state index is 0.612. The molecule has 0 bridgehead atoms. The first-order chi connectivity index (χ1) is 10.8. The Morgan fingerprint density at radius 3 is 2.50 bits per heavy atom. The molecule has 0 aliphatic carbocycles. The van der Waals surface area contributed by atoms with Crippen molar-refractivity contribution in [3.05, 3.63) is 54.7 Å². The van der Waals surface area contributed by atoms with Gasteiger partial charge in [-0.15, -0.1) is 0 Å². The van der Waals surface area contributed by atoms with Crippen molar-refractivity contribution in [2.75, 3.05) is 18.9 Å². The zero-order valence-electron chi connectivity index (χ0n) is 12.7. The maximum absolute atomic E-state index is 5.74. The topological polar surface area (TPSA) is 49.4 Å². The number of nitrogens with two attached hydrogens (primary N) is 1. The summed E-state index contributed by atoms with van der Waals surface area (Å²) in [4.78, 5) is 0. The standard InChI is InChI=1S/C18H20N2O2/c1-2-21-17-7-8-18-14(13-17)9-10-20(18)11-12-22-16-5-3-15(19)4-6-16/h3-10,13H,2,11-12,19H2,1H3. The van der Waals surface area contributed by atoms with Gasteiger partial charge < -0.3 is 19.8 Å². The van der Waals surface area contributed by atoms with Crippen molar-refractivity contribution < 1.29 is 9.47 Å². The number of rotatable bonds is 6. The Bertz CT molecular complexity index is 747. The van der Waals surface area contributed by atoms with Crippen LogP contribution in [-0.2, 0) is 6.54 Å².